The van der Waals surface area contributed by atoms with Crippen LogP contribution in [-0.4, -0.2) is 7.05 Å². The highest BCUT2D eigenvalue weighted by atomic mass is 19.1. The first-order valence-electron chi connectivity index (χ1n) is 6.91. The molecular weight excluding hydrogens is 251 g/mol. The molecule has 0 radical (unpaired) electrons. The van der Waals surface area contributed by atoms with E-state index in [4.69, 9.17) is 5.73 Å². The molecule has 0 saturated carbocycles. The zero-order valence-electron chi connectivity index (χ0n) is 12.0. The predicted molar refractivity (Wildman–Crippen MR) is 82.2 cm³/mol. The first kappa shape index (κ1) is 14.5. The lowest BCUT2D eigenvalue weighted by Crippen LogP contribution is -2.16. The van der Waals surface area contributed by atoms with Crippen LogP contribution in [-0.2, 0) is 6.54 Å². The summed E-state index contributed by atoms with van der Waals surface area (Å²) in [4.78, 5) is 2.09. The van der Waals surface area contributed by atoms with Crippen molar-refractivity contribution in [1.29, 1.82) is 0 Å². The number of nitrogens with two attached hydrogens (primary N) is 1. The fourth-order valence-corrected chi connectivity index (χ4v) is 2.21. The molecule has 20 heavy (non-hydrogen) atoms. The largest absolute Gasteiger partial charge is 0.370 e. The quantitative estimate of drug-likeness (QED) is 0.895. The Hall–Kier alpha value is -1.87. The van der Waals surface area contributed by atoms with Gasteiger partial charge in [-0.1, -0.05) is 31.2 Å². The van der Waals surface area contributed by atoms with Gasteiger partial charge in [-0.3, -0.25) is 0 Å². The Morgan fingerprint density at radius 1 is 1.15 bits per heavy atom. The van der Waals surface area contributed by atoms with Crippen LogP contribution in [0.4, 0.5) is 10.1 Å². The Bertz CT molecular complexity index is 551. The van der Waals surface area contributed by atoms with Gasteiger partial charge in [0, 0.05) is 25.3 Å². The fourth-order valence-electron chi connectivity index (χ4n) is 2.21. The standard InChI is InChI=1S/C17H21FN2/c1-3-17(19)14-7-9-16(10-8-14)20(2)12-13-5-4-6-15(18)11-13/h4-11,17H,3,12,19H2,1-2H3/t17-/m1/s1. The summed E-state index contributed by atoms with van der Waals surface area (Å²) in [6.45, 7) is 2.76. The number of hydrogen-bond acceptors (Lipinski definition) is 2. The molecule has 0 bridgehead atoms. The monoisotopic (exact) mass is 272 g/mol. The molecule has 0 aliphatic carbocycles. The number of hydrogen-bond donors (Lipinski definition) is 1. The number of halogens is 1. The Morgan fingerprint density at radius 2 is 1.85 bits per heavy atom. The van der Waals surface area contributed by atoms with Crippen LogP contribution < -0.4 is 10.6 Å². The maximum absolute atomic E-state index is 13.2. The van der Waals surface area contributed by atoms with Crippen molar-refractivity contribution in [3.8, 4) is 0 Å². The molecule has 0 fully saturated rings. The second-order valence-corrected chi connectivity index (χ2v) is 5.09. The zero-order valence-corrected chi connectivity index (χ0v) is 12.0. The predicted octanol–water partition coefficient (Wildman–Crippen LogP) is 3.87. The minimum atomic E-state index is -0.194. The smallest absolute Gasteiger partial charge is 0.123 e. The van der Waals surface area contributed by atoms with E-state index in [9.17, 15) is 4.39 Å². The normalized spacial score (nSPS) is 12.2. The second kappa shape index (κ2) is 6.53. The molecule has 2 nitrogen and oxygen atoms in total. The molecule has 0 aliphatic heterocycles. The maximum Gasteiger partial charge on any atom is 0.123 e. The van der Waals surface area contributed by atoms with Gasteiger partial charge in [0.2, 0.25) is 0 Å². The molecule has 0 amide bonds. The maximum atomic E-state index is 13.2. The van der Waals surface area contributed by atoms with E-state index >= 15 is 0 Å². The van der Waals surface area contributed by atoms with Gasteiger partial charge in [-0.25, -0.2) is 4.39 Å². The van der Waals surface area contributed by atoms with Crippen molar-refractivity contribution < 1.29 is 4.39 Å². The summed E-state index contributed by atoms with van der Waals surface area (Å²) in [5.41, 5.74) is 9.21. The van der Waals surface area contributed by atoms with Gasteiger partial charge >= 0.3 is 0 Å². The second-order valence-electron chi connectivity index (χ2n) is 5.09. The molecule has 0 aliphatic rings. The van der Waals surface area contributed by atoms with Crippen molar-refractivity contribution in [3.63, 3.8) is 0 Å². The molecule has 0 heterocycles. The van der Waals surface area contributed by atoms with E-state index in [1.807, 2.05) is 13.1 Å². The summed E-state index contributed by atoms with van der Waals surface area (Å²) in [7, 11) is 2.00. The van der Waals surface area contributed by atoms with E-state index in [0.29, 0.717) is 6.54 Å². The average molecular weight is 272 g/mol. The van der Waals surface area contributed by atoms with Gasteiger partial charge in [0.1, 0.15) is 5.82 Å². The summed E-state index contributed by atoms with van der Waals surface area (Å²) in [5.74, 6) is -0.194. The topological polar surface area (TPSA) is 29.3 Å². The van der Waals surface area contributed by atoms with Gasteiger partial charge < -0.3 is 10.6 Å². The Balaban J connectivity index is 2.07. The van der Waals surface area contributed by atoms with Crippen LogP contribution in [0, 0.1) is 5.82 Å². The molecule has 2 aromatic carbocycles. The van der Waals surface area contributed by atoms with E-state index in [2.05, 4.69) is 36.1 Å². The van der Waals surface area contributed by atoms with E-state index in [0.717, 1.165) is 23.2 Å². The highest BCUT2D eigenvalue weighted by Crippen LogP contribution is 2.20. The van der Waals surface area contributed by atoms with Crippen molar-refractivity contribution >= 4 is 5.69 Å². The van der Waals surface area contributed by atoms with E-state index in [1.54, 1.807) is 12.1 Å². The molecule has 2 aromatic rings. The van der Waals surface area contributed by atoms with Crippen LogP contribution in [0.1, 0.15) is 30.5 Å². The van der Waals surface area contributed by atoms with Crippen LogP contribution in [0.3, 0.4) is 0 Å². The lowest BCUT2D eigenvalue weighted by atomic mass is 10.1. The van der Waals surface area contributed by atoms with Gasteiger partial charge in [0.05, 0.1) is 0 Å². The van der Waals surface area contributed by atoms with Crippen LogP contribution in [0.15, 0.2) is 48.5 Å². The molecule has 106 valence electrons. The number of benzene rings is 2. The molecule has 2 N–H and O–H groups in total. The molecule has 0 saturated heterocycles. The first-order chi connectivity index (χ1) is 9.60. The van der Waals surface area contributed by atoms with E-state index in [-0.39, 0.29) is 11.9 Å². The average Bonchev–Trinajstić information content (AvgIpc) is 2.46. The number of rotatable bonds is 5. The Morgan fingerprint density at radius 3 is 2.45 bits per heavy atom. The van der Waals surface area contributed by atoms with E-state index < -0.39 is 0 Å². The minimum absolute atomic E-state index is 0.0950. The van der Waals surface area contributed by atoms with Crippen LogP contribution in [0.5, 0.6) is 0 Å². The van der Waals surface area contributed by atoms with Crippen molar-refractivity contribution in [1.82, 2.24) is 0 Å². The van der Waals surface area contributed by atoms with Gasteiger partial charge in [-0.2, -0.15) is 0 Å². The molecule has 0 spiro atoms. The van der Waals surface area contributed by atoms with Gasteiger partial charge in [0.25, 0.3) is 0 Å². The van der Waals surface area contributed by atoms with Crippen molar-refractivity contribution in [2.45, 2.75) is 25.9 Å². The third-order valence-electron chi connectivity index (χ3n) is 3.51. The van der Waals surface area contributed by atoms with Crippen molar-refractivity contribution in [3.05, 3.63) is 65.5 Å². The summed E-state index contributed by atoms with van der Waals surface area (Å²) >= 11 is 0. The van der Waals surface area contributed by atoms with E-state index in [1.165, 1.54) is 6.07 Å². The molecule has 0 aromatic heterocycles. The number of anilines is 1. The Kier molecular flexibility index (Phi) is 4.74. The summed E-state index contributed by atoms with van der Waals surface area (Å²) in [6, 6.07) is 15.0. The molecule has 3 heteroatoms. The molecule has 0 unspecified atom stereocenters. The number of nitrogens with zero attached hydrogens (tertiary/aromatic N) is 1. The zero-order chi connectivity index (χ0) is 14.5. The third-order valence-corrected chi connectivity index (χ3v) is 3.51. The fraction of sp³-hybridized carbons (Fsp3) is 0.294. The van der Waals surface area contributed by atoms with Crippen LogP contribution in [0.25, 0.3) is 0 Å². The van der Waals surface area contributed by atoms with Gasteiger partial charge in [-0.05, 0) is 41.8 Å². The first-order valence-corrected chi connectivity index (χ1v) is 6.91. The lowest BCUT2D eigenvalue weighted by Gasteiger charge is -2.20. The molecule has 1 atom stereocenters. The van der Waals surface area contributed by atoms with Crippen molar-refractivity contribution in [2.24, 2.45) is 5.73 Å². The Labute approximate surface area is 120 Å². The van der Waals surface area contributed by atoms with Gasteiger partial charge in [-0.15, -0.1) is 0 Å². The van der Waals surface area contributed by atoms with Crippen molar-refractivity contribution in [2.75, 3.05) is 11.9 Å². The summed E-state index contributed by atoms with van der Waals surface area (Å²) in [6.07, 6.45) is 0.929. The highest BCUT2D eigenvalue weighted by Gasteiger charge is 2.06. The highest BCUT2D eigenvalue weighted by molar-refractivity contribution is 5.47. The lowest BCUT2D eigenvalue weighted by molar-refractivity contribution is 0.625. The molecule has 2 rings (SSSR count). The van der Waals surface area contributed by atoms with Crippen LogP contribution in [0.2, 0.25) is 0 Å². The molecular formula is C17H21FN2. The SMILES string of the molecule is CC[C@@H](N)c1ccc(N(C)Cc2cccc(F)c2)cc1. The summed E-state index contributed by atoms with van der Waals surface area (Å²) < 4.78 is 13.2. The summed E-state index contributed by atoms with van der Waals surface area (Å²) in [5, 5.41) is 0. The third kappa shape index (κ3) is 3.58. The minimum Gasteiger partial charge on any atom is -0.370 e. The van der Waals surface area contributed by atoms with Gasteiger partial charge in [0.15, 0.2) is 0 Å². The van der Waals surface area contributed by atoms with Crippen LogP contribution >= 0.6 is 0 Å².